The molecule has 1 amide bonds. The number of allylic oxidation sites excluding steroid dienone is 1. The topological polar surface area (TPSA) is 50.5 Å². The monoisotopic (exact) mass is 334 g/mol. The number of aliphatic imine (C=N–C) groups is 1. The summed E-state index contributed by atoms with van der Waals surface area (Å²) in [6.07, 6.45) is 4.81. The lowest BCUT2D eigenvalue weighted by Gasteiger charge is -2.32. The highest BCUT2D eigenvalue weighted by molar-refractivity contribution is 6.14. The van der Waals surface area contributed by atoms with Gasteiger partial charge in [0.1, 0.15) is 12.2 Å². The number of carbonyl (C=O) groups excluding carboxylic acids is 1. The van der Waals surface area contributed by atoms with Crippen LogP contribution in [0.3, 0.4) is 0 Å². The van der Waals surface area contributed by atoms with Crippen molar-refractivity contribution in [2.45, 2.75) is 26.2 Å². The molecule has 1 aromatic carbocycles. The van der Waals surface area contributed by atoms with Crippen molar-refractivity contribution in [3.05, 3.63) is 58.9 Å². The molecule has 0 saturated heterocycles. The standard InChI is InChI=1S/C20H22N4O/c1-13(2)14-5-4-6-16-15(14)7-10-24-19(16)11-18(21-12-20(24)25)17-8-9-23(3)22-17/h4-6,8-9,11,13H,7,10,12H2,1-3H3. The van der Waals surface area contributed by atoms with Crippen LogP contribution in [0.4, 0.5) is 0 Å². The Labute approximate surface area is 147 Å². The van der Waals surface area contributed by atoms with E-state index in [0.29, 0.717) is 12.5 Å². The number of fused-ring (bicyclic) bond motifs is 3. The highest BCUT2D eigenvalue weighted by Crippen LogP contribution is 2.34. The van der Waals surface area contributed by atoms with Crippen LogP contribution in [0.1, 0.15) is 42.1 Å². The molecule has 0 atom stereocenters. The molecule has 0 fully saturated rings. The van der Waals surface area contributed by atoms with Crippen molar-refractivity contribution in [3.8, 4) is 0 Å². The van der Waals surface area contributed by atoms with E-state index in [1.807, 2.05) is 30.3 Å². The Hall–Kier alpha value is -2.69. The Morgan fingerprint density at radius 1 is 1.20 bits per heavy atom. The molecule has 5 heteroatoms. The number of hydrogen-bond acceptors (Lipinski definition) is 3. The number of hydrogen-bond donors (Lipinski definition) is 0. The number of rotatable bonds is 2. The summed E-state index contributed by atoms with van der Waals surface area (Å²) in [7, 11) is 1.89. The fourth-order valence-electron chi connectivity index (χ4n) is 3.69. The summed E-state index contributed by atoms with van der Waals surface area (Å²) in [4.78, 5) is 19.0. The van der Waals surface area contributed by atoms with Gasteiger partial charge in [0.05, 0.1) is 11.4 Å². The predicted molar refractivity (Wildman–Crippen MR) is 98.5 cm³/mol. The third-order valence-corrected chi connectivity index (χ3v) is 4.92. The van der Waals surface area contributed by atoms with Crippen LogP contribution in [0.25, 0.3) is 5.70 Å². The van der Waals surface area contributed by atoms with Gasteiger partial charge in [-0.15, -0.1) is 0 Å². The number of benzene rings is 1. The van der Waals surface area contributed by atoms with Gasteiger partial charge in [0, 0.05) is 25.4 Å². The number of carbonyl (C=O) groups is 1. The van der Waals surface area contributed by atoms with Crippen molar-refractivity contribution in [1.29, 1.82) is 0 Å². The molecular formula is C20H22N4O. The Kier molecular flexibility index (Phi) is 3.79. The molecule has 4 rings (SSSR count). The maximum absolute atomic E-state index is 12.6. The van der Waals surface area contributed by atoms with E-state index >= 15 is 0 Å². The largest absolute Gasteiger partial charge is 0.310 e. The normalized spacial score (nSPS) is 17.0. The Morgan fingerprint density at radius 2 is 2.04 bits per heavy atom. The highest BCUT2D eigenvalue weighted by Gasteiger charge is 2.29. The summed E-state index contributed by atoms with van der Waals surface area (Å²) in [5.74, 6) is 0.519. The molecule has 0 radical (unpaired) electrons. The summed E-state index contributed by atoms with van der Waals surface area (Å²) >= 11 is 0. The van der Waals surface area contributed by atoms with Gasteiger partial charge in [0.2, 0.25) is 5.91 Å². The van der Waals surface area contributed by atoms with Crippen LogP contribution in [-0.2, 0) is 18.3 Å². The van der Waals surface area contributed by atoms with E-state index < -0.39 is 0 Å². The molecule has 0 spiro atoms. The first-order chi connectivity index (χ1) is 12.0. The third-order valence-electron chi connectivity index (χ3n) is 4.92. The number of nitrogens with zero attached hydrogens (tertiary/aromatic N) is 4. The summed E-state index contributed by atoms with van der Waals surface area (Å²) in [6, 6.07) is 8.34. The van der Waals surface area contributed by atoms with Crippen molar-refractivity contribution in [2.24, 2.45) is 12.0 Å². The number of aromatic nitrogens is 2. The first-order valence-corrected chi connectivity index (χ1v) is 8.73. The van der Waals surface area contributed by atoms with E-state index in [1.54, 1.807) is 4.68 Å². The average Bonchev–Trinajstić information content (AvgIpc) is 2.95. The van der Waals surface area contributed by atoms with E-state index in [1.165, 1.54) is 11.1 Å². The second-order valence-corrected chi connectivity index (χ2v) is 6.93. The average molecular weight is 334 g/mol. The van der Waals surface area contributed by atoms with Gasteiger partial charge in [-0.25, -0.2) is 0 Å². The van der Waals surface area contributed by atoms with Gasteiger partial charge < -0.3 is 4.90 Å². The minimum atomic E-state index is 0.0535. The lowest BCUT2D eigenvalue weighted by Crippen LogP contribution is -2.36. The first kappa shape index (κ1) is 15.8. The van der Waals surface area contributed by atoms with Crippen molar-refractivity contribution >= 4 is 17.3 Å². The zero-order chi connectivity index (χ0) is 17.6. The molecule has 0 aliphatic carbocycles. The van der Waals surface area contributed by atoms with Gasteiger partial charge in [-0.05, 0) is 35.6 Å². The predicted octanol–water partition coefficient (Wildman–Crippen LogP) is 2.77. The highest BCUT2D eigenvalue weighted by atomic mass is 16.2. The van der Waals surface area contributed by atoms with Gasteiger partial charge in [-0.1, -0.05) is 32.0 Å². The molecule has 5 nitrogen and oxygen atoms in total. The van der Waals surface area contributed by atoms with Crippen molar-refractivity contribution in [2.75, 3.05) is 13.1 Å². The molecular weight excluding hydrogens is 312 g/mol. The molecule has 0 saturated carbocycles. The van der Waals surface area contributed by atoms with Gasteiger partial charge >= 0.3 is 0 Å². The molecule has 25 heavy (non-hydrogen) atoms. The van der Waals surface area contributed by atoms with Crippen molar-refractivity contribution in [1.82, 2.24) is 14.7 Å². The Morgan fingerprint density at radius 3 is 2.76 bits per heavy atom. The number of amides is 1. The fourth-order valence-corrected chi connectivity index (χ4v) is 3.69. The maximum Gasteiger partial charge on any atom is 0.248 e. The summed E-state index contributed by atoms with van der Waals surface area (Å²) in [5, 5.41) is 4.45. The van der Waals surface area contributed by atoms with Gasteiger partial charge in [-0.2, -0.15) is 5.10 Å². The van der Waals surface area contributed by atoms with Crippen molar-refractivity contribution < 1.29 is 4.79 Å². The first-order valence-electron chi connectivity index (χ1n) is 8.73. The molecule has 0 unspecified atom stereocenters. The maximum atomic E-state index is 12.6. The molecule has 0 bridgehead atoms. The van der Waals surface area contributed by atoms with E-state index in [0.717, 1.165) is 29.1 Å². The summed E-state index contributed by atoms with van der Waals surface area (Å²) in [6.45, 7) is 5.32. The minimum absolute atomic E-state index is 0.0535. The van der Waals surface area contributed by atoms with Crippen LogP contribution in [-0.4, -0.2) is 39.4 Å². The summed E-state index contributed by atoms with van der Waals surface area (Å²) < 4.78 is 1.76. The molecule has 128 valence electrons. The lowest BCUT2D eigenvalue weighted by molar-refractivity contribution is -0.126. The molecule has 1 aromatic heterocycles. The second kappa shape index (κ2) is 5.99. The van der Waals surface area contributed by atoms with E-state index in [4.69, 9.17) is 0 Å². The quantitative estimate of drug-likeness (QED) is 0.848. The zero-order valence-electron chi connectivity index (χ0n) is 14.9. The van der Waals surface area contributed by atoms with E-state index in [2.05, 4.69) is 42.1 Å². The van der Waals surface area contributed by atoms with Gasteiger partial charge in [0.15, 0.2) is 0 Å². The van der Waals surface area contributed by atoms with Crippen LogP contribution in [0.15, 0.2) is 41.5 Å². The summed E-state index contributed by atoms with van der Waals surface area (Å²) in [5.41, 5.74) is 6.40. The zero-order valence-corrected chi connectivity index (χ0v) is 14.9. The van der Waals surface area contributed by atoms with Crippen LogP contribution in [0, 0.1) is 0 Å². The van der Waals surface area contributed by atoms with Crippen LogP contribution in [0.5, 0.6) is 0 Å². The lowest BCUT2D eigenvalue weighted by atomic mass is 9.87. The second-order valence-electron chi connectivity index (χ2n) is 6.93. The van der Waals surface area contributed by atoms with E-state index in [-0.39, 0.29) is 12.5 Å². The smallest absolute Gasteiger partial charge is 0.248 e. The molecule has 2 aliphatic heterocycles. The SMILES string of the molecule is CC(C)c1cccc2c1CCN1C(=O)CN=C(c3ccn(C)n3)C=C21. The Bertz CT molecular complexity index is 904. The molecule has 3 heterocycles. The van der Waals surface area contributed by atoms with Crippen LogP contribution in [0.2, 0.25) is 0 Å². The molecule has 0 N–H and O–H groups in total. The van der Waals surface area contributed by atoms with Crippen LogP contribution < -0.4 is 0 Å². The third kappa shape index (κ3) is 2.69. The fraction of sp³-hybridized carbons (Fsp3) is 0.350. The molecule has 2 aliphatic rings. The van der Waals surface area contributed by atoms with Gasteiger partial charge in [-0.3, -0.25) is 14.5 Å². The minimum Gasteiger partial charge on any atom is -0.310 e. The van der Waals surface area contributed by atoms with E-state index in [9.17, 15) is 4.79 Å². The van der Waals surface area contributed by atoms with Crippen molar-refractivity contribution in [3.63, 3.8) is 0 Å². The van der Waals surface area contributed by atoms with Gasteiger partial charge in [0.25, 0.3) is 0 Å². The van der Waals surface area contributed by atoms with Crippen LogP contribution >= 0.6 is 0 Å². The number of aryl methyl sites for hydroxylation is 1. The Balaban J connectivity index is 1.87. The molecule has 2 aromatic rings.